The minimum atomic E-state index is -0.550. The molecule has 0 fully saturated rings. The van der Waals surface area contributed by atoms with Gasteiger partial charge in [0.1, 0.15) is 10.3 Å². The summed E-state index contributed by atoms with van der Waals surface area (Å²) in [5, 5.41) is 2.68. The predicted octanol–water partition coefficient (Wildman–Crippen LogP) is 5.91. The van der Waals surface area contributed by atoms with Crippen LogP contribution in [0.25, 0.3) is 0 Å². The van der Waals surface area contributed by atoms with Crippen molar-refractivity contribution in [3.05, 3.63) is 82.2 Å². The van der Waals surface area contributed by atoms with E-state index in [-0.39, 0.29) is 23.9 Å². The number of ketones is 1. The van der Waals surface area contributed by atoms with Crippen LogP contribution in [0.1, 0.15) is 50.3 Å². The second-order valence-electron chi connectivity index (χ2n) is 6.75. The molecule has 0 saturated heterocycles. The number of esters is 1. The fourth-order valence-corrected chi connectivity index (χ4v) is 5.24. The highest BCUT2D eigenvalue weighted by Crippen LogP contribution is 2.39. The zero-order valence-corrected chi connectivity index (χ0v) is 19.1. The predicted molar refractivity (Wildman–Crippen MR) is 125 cm³/mol. The maximum Gasteiger partial charge on any atom is 0.341 e. The first kappa shape index (κ1) is 22.8. The summed E-state index contributed by atoms with van der Waals surface area (Å²) >= 11 is 2.52. The lowest BCUT2D eigenvalue weighted by molar-refractivity contribution is -0.115. The van der Waals surface area contributed by atoms with E-state index in [2.05, 4.69) is 5.32 Å². The topological polar surface area (TPSA) is 72.5 Å². The summed E-state index contributed by atoms with van der Waals surface area (Å²) in [4.78, 5) is 39.3. The molecule has 0 aliphatic carbocycles. The maximum atomic E-state index is 13.4. The Hall–Kier alpha value is -2.90. The Bertz CT molecular complexity index is 1080. The van der Waals surface area contributed by atoms with E-state index in [0.29, 0.717) is 15.4 Å². The molecule has 160 valence electrons. The molecule has 0 saturated carbocycles. The van der Waals surface area contributed by atoms with Gasteiger partial charge in [-0.25, -0.2) is 4.79 Å². The third kappa shape index (κ3) is 5.42. The zero-order valence-electron chi connectivity index (χ0n) is 17.5. The maximum absolute atomic E-state index is 13.4. The van der Waals surface area contributed by atoms with Crippen molar-refractivity contribution >= 4 is 45.8 Å². The molecule has 2 aromatic carbocycles. The van der Waals surface area contributed by atoms with Crippen molar-refractivity contribution in [2.24, 2.45) is 0 Å². The first-order valence-corrected chi connectivity index (χ1v) is 11.5. The molecule has 0 aliphatic rings. The first-order valence-electron chi connectivity index (χ1n) is 9.81. The second kappa shape index (κ2) is 10.4. The molecule has 0 aliphatic heterocycles. The number of Topliss-reactive ketones (excluding diaryl/α,β-unsaturated/α-hetero) is 1. The largest absolute Gasteiger partial charge is 0.462 e. The molecule has 1 aromatic heterocycles. The number of carbonyl (C=O) groups excluding carboxylic acids is 3. The van der Waals surface area contributed by atoms with Crippen LogP contribution in [0.3, 0.4) is 0 Å². The first-order chi connectivity index (χ1) is 14.9. The van der Waals surface area contributed by atoms with E-state index in [1.165, 1.54) is 18.7 Å². The lowest BCUT2D eigenvalue weighted by Crippen LogP contribution is -2.20. The van der Waals surface area contributed by atoms with Crippen molar-refractivity contribution in [2.75, 3.05) is 11.9 Å². The van der Waals surface area contributed by atoms with Gasteiger partial charge < -0.3 is 10.1 Å². The van der Waals surface area contributed by atoms with Gasteiger partial charge in [-0.2, -0.15) is 0 Å². The molecule has 0 spiro atoms. The van der Waals surface area contributed by atoms with Gasteiger partial charge in [0.25, 0.3) is 0 Å². The van der Waals surface area contributed by atoms with Gasteiger partial charge in [0.15, 0.2) is 5.78 Å². The Kier molecular flexibility index (Phi) is 7.65. The van der Waals surface area contributed by atoms with Gasteiger partial charge in [0.05, 0.1) is 17.0 Å². The Morgan fingerprint density at radius 3 is 2.23 bits per heavy atom. The molecule has 5 nitrogen and oxygen atoms in total. The molecular formula is C24H23NO4S2. The van der Waals surface area contributed by atoms with E-state index in [4.69, 9.17) is 4.74 Å². The molecule has 0 unspecified atom stereocenters. The fraction of sp³-hybridized carbons (Fsp3) is 0.208. The molecule has 1 heterocycles. The number of thiophene rings is 1. The minimum Gasteiger partial charge on any atom is -0.462 e. The van der Waals surface area contributed by atoms with Crippen LogP contribution in [-0.4, -0.2) is 24.3 Å². The van der Waals surface area contributed by atoms with Crippen molar-refractivity contribution < 1.29 is 19.1 Å². The lowest BCUT2D eigenvalue weighted by Gasteiger charge is -2.17. The van der Waals surface area contributed by atoms with Crippen molar-refractivity contribution in [3.63, 3.8) is 0 Å². The third-order valence-electron chi connectivity index (χ3n) is 4.52. The average molecular weight is 454 g/mol. The summed E-state index contributed by atoms with van der Waals surface area (Å²) in [6, 6.07) is 19.1. The Morgan fingerprint density at radius 2 is 1.65 bits per heavy atom. The number of thioether (sulfide) groups is 1. The van der Waals surface area contributed by atoms with Crippen molar-refractivity contribution in [2.45, 2.75) is 30.9 Å². The van der Waals surface area contributed by atoms with Gasteiger partial charge in [0.2, 0.25) is 5.91 Å². The molecule has 31 heavy (non-hydrogen) atoms. The molecule has 0 radical (unpaired) electrons. The second-order valence-corrected chi connectivity index (χ2v) is 8.95. The van der Waals surface area contributed by atoms with Gasteiger partial charge >= 0.3 is 5.97 Å². The van der Waals surface area contributed by atoms with Crippen molar-refractivity contribution in [1.29, 1.82) is 0 Å². The zero-order chi connectivity index (χ0) is 22.4. The van der Waals surface area contributed by atoms with E-state index in [1.807, 2.05) is 60.7 Å². The number of hydrogen-bond donors (Lipinski definition) is 1. The number of hydrogen-bond acceptors (Lipinski definition) is 6. The number of rotatable bonds is 8. The summed E-state index contributed by atoms with van der Waals surface area (Å²) in [6.45, 7) is 5.05. The van der Waals surface area contributed by atoms with E-state index in [0.717, 1.165) is 21.8 Å². The number of amides is 1. The van der Waals surface area contributed by atoms with Crippen LogP contribution in [-0.2, 0) is 9.53 Å². The molecular weight excluding hydrogens is 430 g/mol. The molecule has 1 N–H and O–H groups in total. The highest BCUT2D eigenvalue weighted by molar-refractivity contribution is 8.00. The van der Waals surface area contributed by atoms with Crippen LogP contribution in [0.5, 0.6) is 0 Å². The molecule has 3 rings (SSSR count). The number of benzene rings is 2. The summed E-state index contributed by atoms with van der Waals surface area (Å²) in [7, 11) is 0. The minimum absolute atomic E-state index is 0.160. The van der Waals surface area contributed by atoms with E-state index in [1.54, 1.807) is 13.8 Å². The fourth-order valence-electron chi connectivity index (χ4n) is 3.10. The molecule has 1 atom stereocenters. The lowest BCUT2D eigenvalue weighted by atomic mass is 10.1. The smallest absolute Gasteiger partial charge is 0.341 e. The van der Waals surface area contributed by atoms with Crippen LogP contribution in [0.4, 0.5) is 5.00 Å². The number of carbonyl (C=O) groups is 3. The summed E-state index contributed by atoms with van der Waals surface area (Å²) < 4.78 is 5.16. The SMILES string of the molecule is CCOC(=O)c1c(NC(=O)[C@@H](Sc2ccccc2)c2ccccc2)sc(C(C)=O)c1C. The Labute approximate surface area is 189 Å². The van der Waals surface area contributed by atoms with Gasteiger partial charge in [0, 0.05) is 4.90 Å². The van der Waals surface area contributed by atoms with E-state index in [9.17, 15) is 14.4 Å². The summed E-state index contributed by atoms with van der Waals surface area (Å²) in [6.07, 6.45) is 0. The van der Waals surface area contributed by atoms with Gasteiger partial charge in [-0.1, -0.05) is 48.5 Å². The molecule has 3 aromatic rings. The number of anilines is 1. The molecule has 1 amide bonds. The monoisotopic (exact) mass is 453 g/mol. The van der Waals surface area contributed by atoms with Gasteiger partial charge in [-0.15, -0.1) is 23.1 Å². The average Bonchev–Trinajstić information content (AvgIpc) is 3.09. The van der Waals surface area contributed by atoms with Gasteiger partial charge in [-0.05, 0) is 44.0 Å². The quantitative estimate of drug-likeness (QED) is 0.261. The van der Waals surface area contributed by atoms with Crippen LogP contribution >= 0.6 is 23.1 Å². The number of nitrogens with one attached hydrogen (secondary N) is 1. The summed E-state index contributed by atoms with van der Waals surface area (Å²) in [5.41, 5.74) is 1.60. The van der Waals surface area contributed by atoms with E-state index < -0.39 is 11.2 Å². The highest BCUT2D eigenvalue weighted by Gasteiger charge is 2.28. The van der Waals surface area contributed by atoms with Gasteiger partial charge in [-0.3, -0.25) is 9.59 Å². The van der Waals surface area contributed by atoms with E-state index >= 15 is 0 Å². The number of ether oxygens (including phenoxy) is 1. The van der Waals surface area contributed by atoms with Crippen LogP contribution in [0.2, 0.25) is 0 Å². The normalized spacial score (nSPS) is 11.6. The van der Waals surface area contributed by atoms with Crippen LogP contribution in [0.15, 0.2) is 65.6 Å². The Morgan fingerprint density at radius 1 is 1.03 bits per heavy atom. The standard InChI is InChI=1S/C24H23NO4S2/c1-4-29-24(28)19-15(2)20(16(3)26)31-23(19)25-22(27)21(17-11-7-5-8-12-17)30-18-13-9-6-10-14-18/h5-14,21H,4H2,1-3H3,(H,25,27)/t21-/m0/s1. The van der Waals surface area contributed by atoms with Crippen LogP contribution in [0, 0.1) is 6.92 Å². The molecule has 0 bridgehead atoms. The molecule has 7 heteroatoms. The van der Waals surface area contributed by atoms with Crippen molar-refractivity contribution in [1.82, 2.24) is 0 Å². The van der Waals surface area contributed by atoms with Crippen LogP contribution < -0.4 is 5.32 Å². The third-order valence-corrected chi connectivity index (χ3v) is 7.09. The highest BCUT2D eigenvalue weighted by atomic mass is 32.2. The van der Waals surface area contributed by atoms with Crippen molar-refractivity contribution in [3.8, 4) is 0 Å². The Balaban J connectivity index is 1.97. The summed E-state index contributed by atoms with van der Waals surface area (Å²) in [5.74, 6) is -0.986.